The molecule has 1 aromatic heterocycles. The van der Waals surface area contributed by atoms with Crippen LogP contribution in [0.4, 0.5) is 5.82 Å². The van der Waals surface area contributed by atoms with Crippen LogP contribution in [0.25, 0.3) is 0 Å². The molecule has 1 saturated carbocycles. The van der Waals surface area contributed by atoms with Crippen molar-refractivity contribution in [3.8, 4) is 0 Å². The fourth-order valence-electron chi connectivity index (χ4n) is 2.37. The molecule has 2 amide bonds. The Kier molecular flexibility index (Phi) is 6.03. The van der Waals surface area contributed by atoms with Gasteiger partial charge in [-0.15, -0.1) is 0 Å². The Hall–Kier alpha value is -2.93. The highest BCUT2D eigenvalue weighted by Gasteiger charge is 2.29. The molecule has 0 atom stereocenters. The van der Waals surface area contributed by atoms with Gasteiger partial charge in [0.1, 0.15) is 10.9 Å². The number of nitrogens with zero attached hydrogens (tertiary/aromatic N) is 2. The molecule has 1 aromatic carbocycles. The van der Waals surface area contributed by atoms with Gasteiger partial charge in [0, 0.05) is 30.3 Å². The van der Waals surface area contributed by atoms with E-state index in [1.165, 1.54) is 18.0 Å². The summed E-state index contributed by atoms with van der Waals surface area (Å²) >= 11 is 1.29. The molecule has 2 aromatic rings. The van der Waals surface area contributed by atoms with E-state index in [0.29, 0.717) is 16.4 Å². The van der Waals surface area contributed by atoms with Crippen LogP contribution in [0.15, 0.2) is 65.3 Å². The smallest absolute Gasteiger partial charge is 0.256 e. The summed E-state index contributed by atoms with van der Waals surface area (Å²) in [6, 6.07) is 12.8. The van der Waals surface area contributed by atoms with Crippen molar-refractivity contribution in [1.82, 2.24) is 10.3 Å². The second-order valence-electron chi connectivity index (χ2n) is 6.07. The van der Waals surface area contributed by atoms with Crippen molar-refractivity contribution in [1.29, 1.82) is 0 Å². The molecule has 1 heterocycles. The monoisotopic (exact) mass is 380 g/mol. The first-order valence-electron chi connectivity index (χ1n) is 8.54. The van der Waals surface area contributed by atoms with Crippen LogP contribution in [0.5, 0.6) is 0 Å². The molecule has 0 radical (unpaired) electrons. The number of benzene rings is 1. The first-order chi connectivity index (χ1) is 13.1. The van der Waals surface area contributed by atoms with E-state index < -0.39 is 0 Å². The number of amides is 2. The van der Waals surface area contributed by atoms with Gasteiger partial charge in [0.05, 0.1) is 5.03 Å². The molecule has 1 aliphatic rings. The molecule has 0 spiro atoms. The molecular weight excluding hydrogens is 360 g/mol. The largest absolute Gasteiger partial charge is 0.317 e. The first-order valence-corrected chi connectivity index (χ1v) is 9.35. The number of carbonyl (C=O) groups is 2. The average Bonchev–Trinajstić information content (AvgIpc) is 3.52. The van der Waals surface area contributed by atoms with Crippen LogP contribution in [0.1, 0.15) is 28.8 Å². The van der Waals surface area contributed by atoms with Gasteiger partial charge in [-0.2, -0.15) is 0 Å². The van der Waals surface area contributed by atoms with Crippen molar-refractivity contribution in [2.75, 3.05) is 12.4 Å². The molecule has 27 heavy (non-hydrogen) atoms. The quantitative estimate of drug-likeness (QED) is 0.594. The Labute approximate surface area is 162 Å². The number of aromatic nitrogens is 1. The summed E-state index contributed by atoms with van der Waals surface area (Å²) in [4.78, 5) is 32.7. The van der Waals surface area contributed by atoms with Crippen molar-refractivity contribution in [2.24, 2.45) is 10.9 Å². The van der Waals surface area contributed by atoms with Crippen molar-refractivity contribution < 1.29 is 9.59 Å². The lowest BCUT2D eigenvalue weighted by Gasteiger charge is -2.10. The Morgan fingerprint density at radius 2 is 1.93 bits per heavy atom. The molecule has 1 aliphatic carbocycles. The van der Waals surface area contributed by atoms with E-state index in [9.17, 15) is 9.59 Å². The topological polar surface area (TPSA) is 83.5 Å². The lowest BCUT2D eigenvalue weighted by atomic mass is 10.2. The number of hydrogen-bond acceptors (Lipinski definition) is 5. The normalized spacial score (nSPS) is 13.7. The Morgan fingerprint density at radius 3 is 2.59 bits per heavy atom. The molecule has 0 unspecified atom stereocenters. The number of thioether (sulfide) groups is 1. The van der Waals surface area contributed by atoms with Crippen molar-refractivity contribution in [2.45, 2.75) is 12.8 Å². The summed E-state index contributed by atoms with van der Waals surface area (Å²) in [6.45, 7) is 3.90. The molecule has 7 heteroatoms. The van der Waals surface area contributed by atoms with E-state index in [2.05, 4.69) is 27.2 Å². The highest BCUT2D eigenvalue weighted by Crippen LogP contribution is 2.30. The Balaban J connectivity index is 1.61. The number of rotatable bonds is 6. The average molecular weight is 380 g/mol. The number of aliphatic imine (C=N–C) groups is 1. The Bertz CT molecular complexity index is 892. The first kappa shape index (κ1) is 18.8. The number of anilines is 1. The molecule has 1 fully saturated rings. The third kappa shape index (κ3) is 5.27. The van der Waals surface area contributed by atoms with Gasteiger partial charge < -0.3 is 10.6 Å². The van der Waals surface area contributed by atoms with E-state index >= 15 is 0 Å². The molecule has 0 aliphatic heterocycles. The van der Waals surface area contributed by atoms with Gasteiger partial charge in [0.2, 0.25) is 5.91 Å². The fraction of sp³-hybridized carbons (Fsp3) is 0.200. The van der Waals surface area contributed by atoms with E-state index in [0.717, 1.165) is 23.4 Å². The number of carbonyl (C=O) groups excluding carboxylic acids is 2. The zero-order chi connectivity index (χ0) is 19.2. The maximum atomic E-state index is 12.5. The van der Waals surface area contributed by atoms with Gasteiger partial charge in [0.15, 0.2) is 0 Å². The van der Waals surface area contributed by atoms with Crippen molar-refractivity contribution in [3.63, 3.8) is 0 Å². The minimum absolute atomic E-state index is 0.0494. The predicted molar refractivity (Wildman–Crippen MR) is 109 cm³/mol. The van der Waals surface area contributed by atoms with Gasteiger partial charge in [-0.1, -0.05) is 48.7 Å². The van der Waals surface area contributed by atoms with Crippen LogP contribution in [-0.4, -0.2) is 28.9 Å². The lowest BCUT2D eigenvalue weighted by molar-refractivity contribution is -0.117. The summed E-state index contributed by atoms with van der Waals surface area (Å²) in [5.41, 5.74) is 1.35. The number of hydrogen-bond donors (Lipinski definition) is 2. The molecule has 0 saturated heterocycles. The SMILES string of the molecule is C=C(NC(=O)c1ccnc(NC(=O)C2CC2)c1)SC(=NC)c1ccccc1. The molecule has 2 N–H and O–H groups in total. The molecule has 3 rings (SSSR count). The minimum Gasteiger partial charge on any atom is -0.317 e. The summed E-state index contributed by atoms with van der Waals surface area (Å²) in [7, 11) is 1.70. The van der Waals surface area contributed by atoms with Crippen LogP contribution in [0, 0.1) is 5.92 Å². The maximum absolute atomic E-state index is 12.5. The zero-order valence-corrected chi connectivity index (χ0v) is 15.8. The second-order valence-corrected chi connectivity index (χ2v) is 7.15. The van der Waals surface area contributed by atoms with Gasteiger partial charge in [-0.25, -0.2) is 4.98 Å². The molecule has 138 valence electrons. The van der Waals surface area contributed by atoms with Crippen LogP contribution in [0.3, 0.4) is 0 Å². The third-order valence-electron chi connectivity index (χ3n) is 3.92. The van der Waals surface area contributed by atoms with Gasteiger partial charge in [-0.3, -0.25) is 14.6 Å². The van der Waals surface area contributed by atoms with E-state index in [-0.39, 0.29) is 17.7 Å². The van der Waals surface area contributed by atoms with E-state index in [1.54, 1.807) is 19.2 Å². The lowest BCUT2D eigenvalue weighted by Crippen LogP contribution is -2.22. The summed E-state index contributed by atoms with van der Waals surface area (Å²) in [6.07, 6.45) is 3.31. The number of pyridine rings is 1. The van der Waals surface area contributed by atoms with Gasteiger partial charge >= 0.3 is 0 Å². The highest BCUT2D eigenvalue weighted by molar-refractivity contribution is 8.17. The maximum Gasteiger partial charge on any atom is 0.256 e. The second kappa shape index (κ2) is 8.64. The standard InChI is InChI=1S/C20H20N4O2S/c1-13(27-20(21-2)15-6-4-3-5-7-15)23-19(26)16-10-11-22-17(12-16)24-18(25)14-8-9-14/h3-7,10-12,14H,1,8-9H2,2H3,(H,23,26)(H,22,24,25). The molecular formula is C20H20N4O2S. The third-order valence-corrected chi connectivity index (χ3v) is 4.88. The van der Waals surface area contributed by atoms with Gasteiger partial charge in [0.25, 0.3) is 5.91 Å². The summed E-state index contributed by atoms with van der Waals surface area (Å²) < 4.78 is 0. The zero-order valence-electron chi connectivity index (χ0n) is 14.9. The van der Waals surface area contributed by atoms with Gasteiger partial charge in [-0.05, 0) is 25.0 Å². The van der Waals surface area contributed by atoms with Crippen LogP contribution in [0.2, 0.25) is 0 Å². The molecule has 6 nitrogen and oxygen atoms in total. The fourth-order valence-corrected chi connectivity index (χ4v) is 3.09. The van der Waals surface area contributed by atoms with E-state index in [1.807, 2.05) is 30.3 Å². The van der Waals surface area contributed by atoms with Crippen LogP contribution < -0.4 is 10.6 Å². The Morgan fingerprint density at radius 1 is 1.19 bits per heavy atom. The summed E-state index contributed by atoms with van der Waals surface area (Å²) in [5, 5.41) is 6.71. The highest BCUT2D eigenvalue weighted by atomic mass is 32.2. The summed E-state index contributed by atoms with van der Waals surface area (Å²) in [5.74, 6) is 0.0788. The number of nitrogens with one attached hydrogen (secondary N) is 2. The minimum atomic E-state index is -0.319. The predicted octanol–water partition coefficient (Wildman–Crippen LogP) is 3.44. The molecule has 0 bridgehead atoms. The van der Waals surface area contributed by atoms with E-state index in [4.69, 9.17) is 0 Å². The van der Waals surface area contributed by atoms with Crippen molar-refractivity contribution in [3.05, 3.63) is 71.4 Å². The van der Waals surface area contributed by atoms with Crippen LogP contribution >= 0.6 is 11.8 Å². The van der Waals surface area contributed by atoms with Crippen LogP contribution in [-0.2, 0) is 4.79 Å². The van der Waals surface area contributed by atoms with Crippen molar-refractivity contribution >= 4 is 34.4 Å².